The van der Waals surface area contributed by atoms with Crippen LogP contribution in [-0.4, -0.2) is 44.4 Å². The third kappa shape index (κ3) is 1.63. The summed E-state index contributed by atoms with van der Waals surface area (Å²) in [5, 5.41) is 13.7. The Balaban J connectivity index is 2.04. The van der Waals surface area contributed by atoms with Gasteiger partial charge in [-0.1, -0.05) is 6.92 Å². The molecule has 0 radical (unpaired) electrons. The molecule has 2 heterocycles. The van der Waals surface area contributed by atoms with Crippen LogP contribution in [0, 0.1) is 0 Å². The van der Waals surface area contributed by atoms with E-state index in [0.29, 0.717) is 25.2 Å². The Morgan fingerprint density at radius 3 is 2.80 bits per heavy atom. The number of amides is 1. The van der Waals surface area contributed by atoms with Crippen molar-refractivity contribution in [2.45, 2.75) is 18.9 Å². The lowest BCUT2D eigenvalue weighted by Crippen LogP contribution is -2.63. The first-order valence-electron chi connectivity index (χ1n) is 5.05. The Bertz CT molecular complexity index is 380. The first kappa shape index (κ1) is 10.2. The van der Waals surface area contributed by atoms with Gasteiger partial charge in [-0.3, -0.25) is 9.48 Å². The maximum atomic E-state index is 11.9. The molecule has 0 saturated carbocycles. The van der Waals surface area contributed by atoms with Crippen LogP contribution >= 0.6 is 0 Å². The number of β-amino-alcohol motifs (C(OH)–C–C–N with tert-alkyl or cyclic N) is 1. The Hall–Kier alpha value is -1.36. The zero-order chi connectivity index (χ0) is 11.1. The zero-order valence-corrected chi connectivity index (χ0v) is 8.97. The number of nitrogens with zero attached hydrogens (tertiary/aromatic N) is 3. The van der Waals surface area contributed by atoms with Gasteiger partial charge in [0, 0.05) is 13.2 Å². The number of aromatic nitrogens is 2. The van der Waals surface area contributed by atoms with Gasteiger partial charge in [0.15, 0.2) is 0 Å². The van der Waals surface area contributed by atoms with Gasteiger partial charge in [0.25, 0.3) is 5.91 Å². The molecule has 82 valence electrons. The molecular formula is C10H15N3O2. The highest BCUT2D eigenvalue weighted by Crippen LogP contribution is 2.25. The van der Waals surface area contributed by atoms with Crippen LogP contribution in [0.1, 0.15) is 23.8 Å². The highest BCUT2D eigenvalue weighted by Gasteiger charge is 2.42. The van der Waals surface area contributed by atoms with Gasteiger partial charge < -0.3 is 10.0 Å². The molecule has 1 aliphatic heterocycles. The van der Waals surface area contributed by atoms with Crippen LogP contribution in [0.15, 0.2) is 12.3 Å². The summed E-state index contributed by atoms with van der Waals surface area (Å²) in [6.07, 6.45) is 2.28. The molecule has 0 unspecified atom stereocenters. The summed E-state index contributed by atoms with van der Waals surface area (Å²) in [6, 6.07) is 1.69. The maximum Gasteiger partial charge on any atom is 0.272 e. The molecular weight excluding hydrogens is 194 g/mol. The SMILES string of the molecule is CCC1(O)CN(C(=O)c2ccnn2C)C1. The second-order valence-electron chi connectivity index (χ2n) is 4.08. The van der Waals surface area contributed by atoms with Gasteiger partial charge in [-0.25, -0.2) is 0 Å². The smallest absolute Gasteiger partial charge is 0.272 e. The van der Waals surface area contributed by atoms with Crippen LogP contribution in [0.4, 0.5) is 0 Å². The van der Waals surface area contributed by atoms with Crippen LogP contribution < -0.4 is 0 Å². The summed E-state index contributed by atoms with van der Waals surface area (Å²) >= 11 is 0. The summed E-state index contributed by atoms with van der Waals surface area (Å²) < 4.78 is 1.55. The van der Waals surface area contributed by atoms with Crippen molar-refractivity contribution in [1.82, 2.24) is 14.7 Å². The second kappa shape index (κ2) is 3.34. The summed E-state index contributed by atoms with van der Waals surface area (Å²) in [6.45, 7) is 2.77. The van der Waals surface area contributed by atoms with Gasteiger partial charge >= 0.3 is 0 Å². The molecule has 5 heteroatoms. The van der Waals surface area contributed by atoms with Crippen LogP contribution in [0.2, 0.25) is 0 Å². The fourth-order valence-corrected chi connectivity index (χ4v) is 1.78. The molecule has 0 aliphatic carbocycles. The minimum absolute atomic E-state index is 0.0619. The predicted molar refractivity (Wildman–Crippen MR) is 54.4 cm³/mol. The Labute approximate surface area is 88.3 Å². The standard InChI is InChI=1S/C10H15N3O2/c1-3-10(15)6-13(7-10)9(14)8-4-5-11-12(8)2/h4-5,15H,3,6-7H2,1-2H3. The first-order valence-corrected chi connectivity index (χ1v) is 5.05. The Morgan fingerprint density at radius 2 is 2.33 bits per heavy atom. The lowest BCUT2D eigenvalue weighted by atomic mass is 9.91. The number of rotatable bonds is 2. The van der Waals surface area contributed by atoms with Crippen molar-refractivity contribution in [3.63, 3.8) is 0 Å². The monoisotopic (exact) mass is 209 g/mol. The molecule has 1 saturated heterocycles. The highest BCUT2D eigenvalue weighted by atomic mass is 16.3. The fourth-order valence-electron chi connectivity index (χ4n) is 1.78. The van der Waals surface area contributed by atoms with E-state index in [0.717, 1.165) is 0 Å². The Kier molecular flexibility index (Phi) is 2.26. The van der Waals surface area contributed by atoms with Crippen molar-refractivity contribution < 1.29 is 9.90 Å². The molecule has 0 bridgehead atoms. The lowest BCUT2D eigenvalue weighted by Gasteiger charge is -2.45. The van der Waals surface area contributed by atoms with Crippen LogP contribution in [0.25, 0.3) is 0 Å². The lowest BCUT2D eigenvalue weighted by molar-refractivity contribution is -0.0829. The van der Waals surface area contributed by atoms with Gasteiger partial charge in [-0.2, -0.15) is 5.10 Å². The molecule has 1 fully saturated rings. The number of hydrogen-bond acceptors (Lipinski definition) is 3. The van der Waals surface area contributed by atoms with Crippen molar-refractivity contribution in [1.29, 1.82) is 0 Å². The minimum atomic E-state index is -0.672. The summed E-state index contributed by atoms with van der Waals surface area (Å²) in [5.74, 6) is -0.0619. The average Bonchev–Trinajstić information content (AvgIpc) is 2.58. The normalized spacial score (nSPS) is 18.7. The van der Waals surface area contributed by atoms with E-state index in [1.165, 1.54) is 0 Å². The molecule has 1 aromatic rings. The Morgan fingerprint density at radius 1 is 1.67 bits per heavy atom. The van der Waals surface area contributed by atoms with E-state index in [9.17, 15) is 9.90 Å². The molecule has 0 atom stereocenters. The topological polar surface area (TPSA) is 58.4 Å². The predicted octanol–water partition coefficient (Wildman–Crippen LogP) is 0.0170. The van der Waals surface area contributed by atoms with Crippen molar-refractivity contribution in [2.75, 3.05) is 13.1 Å². The van der Waals surface area contributed by atoms with E-state index in [4.69, 9.17) is 0 Å². The van der Waals surface area contributed by atoms with Crippen molar-refractivity contribution in [3.05, 3.63) is 18.0 Å². The summed E-state index contributed by atoms with van der Waals surface area (Å²) in [7, 11) is 1.74. The molecule has 1 N–H and O–H groups in total. The highest BCUT2D eigenvalue weighted by molar-refractivity contribution is 5.93. The van der Waals surface area contributed by atoms with E-state index < -0.39 is 5.60 Å². The largest absolute Gasteiger partial charge is 0.386 e. The average molecular weight is 209 g/mol. The van der Waals surface area contributed by atoms with Gasteiger partial charge in [0.1, 0.15) is 5.69 Å². The third-order valence-electron chi connectivity index (χ3n) is 2.96. The number of aryl methyl sites for hydroxylation is 1. The van der Waals surface area contributed by atoms with Crippen molar-refractivity contribution >= 4 is 5.91 Å². The molecule has 1 amide bonds. The fraction of sp³-hybridized carbons (Fsp3) is 0.600. The van der Waals surface area contributed by atoms with E-state index in [1.807, 2.05) is 6.92 Å². The summed E-state index contributed by atoms with van der Waals surface area (Å²) in [5.41, 5.74) is -0.109. The molecule has 0 spiro atoms. The third-order valence-corrected chi connectivity index (χ3v) is 2.96. The molecule has 1 aromatic heterocycles. The van der Waals surface area contributed by atoms with Crippen molar-refractivity contribution in [3.8, 4) is 0 Å². The quantitative estimate of drug-likeness (QED) is 0.747. The number of likely N-dealkylation sites (tertiary alicyclic amines) is 1. The zero-order valence-electron chi connectivity index (χ0n) is 8.97. The van der Waals surface area contributed by atoms with Gasteiger partial charge in [-0.15, -0.1) is 0 Å². The molecule has 2 rings (SSSR count). The second-order valence-corrected chi connectivity index (χ2v) is 4.08. The van der Waals surface area contributed by atoms with E-state index >= 15 is 0 Å². The number of carbonyl (C=O) groups is 1. The number of aliphatic hydroxyl groups is 1. The van der Waals surface area contributed by atoms with Crippen LogP contribution in [0.5, 0.6) is 0 Å². The molecule has 15 heavy (non-hydrogen) atoms. The number of carbonyl (C=O) groups excluding carboxylic acids is 1. The van der Waals surface area contributed by atoms with E-state index in [-0.39, 0.29) is 5.91 Å². The summed E-state index contributed by atoms with van der Waals surface area (Å²) in [4.78, 5) is 13.5. The van der Waals surface area contributed by atoms with E-state index in [2.05, 4.69) is 5.10 Å². The van der Waals surface area contributed by atoms with Crippen LogP contribution in [0.3, 0.4) is 0 Å². The van der Waals surface area contributed by atoms with Crippen LogP contribution in [-0.2, 0) is 7.05 Å². The maximum absolute atomic E-state index is 11.9. The van der Waals surface area contributed by atoms with Gasteiger partial charge in [0.05, 0.1) is 18.7 Å². The number of hydrogen-bond donors (Lipinski definition) is 1. The van der Waals surface area contributed by atoms with Gasteiger partial charge in [0.2, 0.25) is 0 Å². The molecule has 1 aliphatic rings. The van der Waals surface area contributed by atoms with Gasteiger partial charge in [-0.05, 0) is 12.5 Å². The molecule has 5 nitrogen and oxygen atoms in total. The van der Waals surface area contributed by atoms with Crippen molar-refractivity contribution in [2.24, 2.45) is 7.05 Å². The van der Waals surface area contributed by atoms with E-state index in [1.54, 1.807) is 28.9 Å². The minimum Gasteiger partial charge on any atom is -0.386 e. The molecule has 0 aromatic carbocycles. The first-order chi connectivity index (χ1) is 7.06.